The average Bonchev–Trinajstić information content (AvgIpc) is 3.23. The molecule has 19 heavy (non-hydrogen) atoms. The number of carboxylic acid groups (broad SMARTS) is 1. The molecule has 0 aromatic carbocycles. The molecule has 0 aromatic heterocycles. The molecule has 1 heterocycles. The fourth-order valence-corrected chi connectivity index (χ4v) is 2.29. The molecule has 2 aliphatic rings. The summed E-state index contributed by atoms with van der Waals surface area (Å²) in [4.78, 5) is 26.8. The average molecular weight is 271 g/mol. The topological polar surface area (TPSA) is 82.1 Å². The summed E-state index contributed by atoms with van der Waals surface area (Å²) in [6.45, 7) is 3.21. The van der Waals surface area contributed by atoms with Gasteiger partial charge >= 0.3 is 12.0 Å². The van der Waals surface area contributed by atoms with E-state index in [1.54, 1.807) is 4.90 Å². The second-order valence-electron chi connectivity index (χ2n) is 5.00. The zero-order valence-electron chi connectivity index (χ0n) is 11.2. The summed E-state index contributed by atoms with van der Waals surface area (Å²) < 4.78 is 4.77. The van der Waals surface area contributed by atoms with Crippen LogP contribution in [0.1, 0.15) is 12.8 Å². The van der Waals surface area contributed by atoms with E-state index >= 15 is 0 Å². The van der Waals surface area contributed by atoms with Crippen molar-refractivity contribution in [1.82, 2.24) is 15.1 Å². The van der Waals surface area contributed by atoms with Gasteiger partial charge < -0.3 is 20.1 Å². The van der Waals surface area contributed by atoms with E-state index in [1.807, 2.05) is 0 Å². The fourth-order valence-electron chi connectivity index (χ4n) is 2.29. The smallest absolute Gasteiger partial charge is 0.334 e. The molecule has 1 aliphatic heterocycles. The van der Waals surface area contributed by atoms with Crippen molar-refractivity contribution in [3.63, 3.8) is 0 Å². The molecular weight excluding hydrogens is 250 g/mol. The van der Waals surface area contributed by atoms with Crippen LogP contribution in [0.15, 0.2) is 0 Å². The van der Waals surface area contributed by atoms with Gasteiger partial charge in [-0.25, -0.2) is 9.59 Å². The molecule has 2 amide bonds. The SMILES string of the molecule is COC(CNC(=O)N1CCN(C2CC2)CC1)C(=O)O. The Bertz CT molecular complexity index is 338. The van der Waals surface area contributed by atoms with Crippen LogP contribution < -0.4 is 5.32 Å². The number of hydrogen-bond donors (Lipinski definition) is 2. The van der Waals surface area contributed by atoms with Crippen molar-refractivity contribution in [3.8, 4) is 0 Å². The maximum Gasteiger partial charge on any atom is 0.334 e. The zero-order valence-corrected chi connectivity index (χ0v) is 11.2. The Labute approximate surface area is 112 Å². The number of amides is 2. The Hall–Kier alpha value is -1.34. The normalized spacial score (nSPS) is 22.1. The Morgan fingerprint density at radius 2 is 1.95 bits per heavy atom. The lowest BCUT2D eigenvalue weighted by molar-refractivity contribution is -0.148. The third-order valence-corrected chi connectivity index (χ3v) is 3.66. The van der Waals surface area contributed by atoms with Gasteiger partial charge in [0, 0.05) is 39.3 Å². The Morgan fingerprint density at radius 1 is 1.32 bits per heavy atom. The maximum absolute atomic E-state index is 11.9. The summed E-state index contributed by atoms with van der Waals surface area (Å²) in [7, 11) is 1.32. The molecule has 0 aromatic rings. The minimum absolute atomic E-state index is 0.00644. The highest BCUT2D eigenvalue weighted by Gasteiger charge is 2.32. The van der Waals surface area contributed by atoms with E-state index in [4.69, 9.17) is 9.84 Å². The monoisotopic (exact) mass is 271 g/mol. The van der Waals surface area contributed by atoms with E-state index in [0.717, 1.165) is 19.1 Å². The first kappa shape index (κ1) is 14.1. The van der Waals surface area contributed by atoms with E-state index in [-0.39, 0.29) is 12.6 Å². The van der Waals surface area contributed by atoms with Crippen molar-refractivity contribution in [1.29, 1.82) is 0 Å². The van der Waals surface area contributed by atoms with Gasteiger partial charge in [0.25, 0.3) is 0 Å². The molecule has 0 bridgehead atoms. The number of rotatable bonds is 5. The van der Waals surface area contributed by atoms with Gasteiger partial charge in [0.15, 0.2) is 6.10 Å². The van der Waals surface area contributed by atoms with E-state index in [1.165, 1.54) is 20.0 Å². The molecule has 7 heteroatoms. The number of carbonyl (C=O) groups excluding carboxylic acids is 1. The van der Waals surface area contributed by atoms with E-state index in [0.29, 0.717) is 13.1 Å². The van der Waals surface area contributed by atoms with Crippen LogP contribution in [-0.4, -0.2) is 78.9 Å². The third kappa shape index (κ3) is 3.81. The molecule has 0 spiro atoms. The van der Waals surface area contributed by atoms with Crippen LogP contribution in [0.2, 0.25) is 0 Å². The Balaban J connectivity index is 1.70. The van der Waals surface area contributed by atoms with Crippen LogP contribution in [0.5, 0.6) is 0 Å². The Kier molecular flexibility index (Phi) is 4.60. The molecule has 1 aliphatic carbocycles. The predicted molar refractivity (Wildman–Crippen MR) is 68.0 cm³/mol. The number of nitrogens with one attached hydrogen (secondary N) is 1. The summed E-state index contributed by atoms with van der Waals surface area (Å²) >= 11 is 0. The second-order valence-corrected chi connectivity index (χ2v) is 5.00. The number of urea groups is 1. The molecule has 2 N–H and O–H groups in total. The predicted octanol–water partition coefficient (Wildman–Crippen LogP) is -0.424. The van der Waals surface area contributed by atoms with Crippen molar-refractivity contribution in [2.24, 2.45) is 0 Å². The molecule has 108 valence electrons. The number of aliphatic carboxylic acids is 1. The second kappa shape index (κ2) is 6.21. The third-order valence-electron chi connectivity index (χ3n) is 3.66. The first-order valence-electron chi connectivity index (χ1n) is 6.64. The quantitative estimate of drug-likeness (QED) is 0.709. The van der Waals surface area contributed by atoms with Crippen molar-refractivity contribution < 1.29 is 19.4 Å². The molecule has 2 rings (SSSR count). The molecular formula is C12H21N3O4. The number of carboxylic acids is 1. The van der Waals surface area contributed by atoms with Crippen LogP contribution >= 0.6 is 0 Å². The number of methoxy groups -OCH3 is 1. The number of ether oxygens (including phenoxy) is 1. The fraction of sp³-hybridized carbons (Fsp3) is 0.833. The van der Waals surface area contributed by atoms with Gasteiger partial charge in [-0.1, -0.05) is 0 Å². The van der Waals surface area contributed by atoms with E-state index in [2.05, 4.69) is 10.2 Å². The first-order valence-corrected chi connectivity index (χ1v) is 6.64. The molecule has 1 unspecified atom stereocenters. The van der Waals surface area contributed by atoms with Crippen molar-refractivity contribution >= 4 is 12.0 Å². The molecule has 0 radical (unpaired) electrons. The molecule has 2 fully saturated rings. The largest absolute Gasteiger partial charge is 0.479 e. The van der Waals surface area contributed by atoms with Crippen molar-refractivity contribution in [2.75, 3.05) is 39.8 Å². The van der Waals surface area contributed by atoms with Gasteiger partial charge in [-0.05, 0) is 12.8 Å². The van der Waals surface area contributed by atoms with Crippen molar-refractivity contribution in [2.45, 2.75) is 25.0 Å². The lowest BCUT2D eigenvalue weighted by Gasteiger charge is -2.34. The summed E-state index contributed by atoms with van der Waals surface area (Å²) in [5.74, 6) is -1.07. The molecule has 1 atom stereocenters. The summed E-state index contributed by atoms with van der Waals surface area (Å²) in [6, 6.07) is 0.522. The van der Waals surface area contributed by atoms with Crippen LogP contribution in [0, 0.1) is 0 Å². The highest BCUT2D eigenvalue weighted by molar-refractivity contribution is 5.77. The van der Waals surface area contributed by atoms with E-state index < -0.39 is 12.1 Å². The molecule has 1 saturated heterocycles. The minimum Gasteiger partial charge on any atom is -0.479 e. The first-order chi connectivity index (χ1) is 9.11. The van der Waals surface area contributed by atoms with Crippen molar-refractivity contribution in [3.05, 3.63) is 0 Å². The highest BCUT2D eigenvalue weighted by Crippen LogP contribution is 2.27. The summed E-state index contributed by atoms with van der Waals surface area (Å²) in [6.07, 6.45) is 1.57. The van der Waals surface area contributed by atoms with Gasteiger partial charge in [-0.15, -0.1) is 0 Å². The molecule has 1 saturated carbocycles. The number of carbonyl (C=O) groups is 2. The Morgan fingerprint density at radius 3 is 2.42 bits per heavy atom. The van der Waals surface area contributed by atoms with Gasteiger partial charge in [-0.3, -0.25) is 4.90 Å². The number of nitrogens with zero attached hydrogens (tertiary/aromatic N) is 2. The van der Waals surface area contributed by atoms with Crippen LogP contribution in [0.25, 0.3) is 0 Å². The summed E-state index contributed by atoms with van der Waals surface area (Å²) in [5, 5.41) is 11.4. The van der Waals surface area contributed by atoms with Crippen LogP contribution in [-0.2, 0) is 9.53 Å². The zero-order chi connectivity index (χ0) is 13.8. The highest BCUT2D eigenvalue weighted by atomic mass is 16.5. The molecule has 7 nitrogen and oxygen atoms in total. The number of piperazine rings is 1. The lowest BCUT2D eigenvalue weighted by Crippen LogP contribution is -2.53. The standard InChI is InChI=1S/C12H21N3O4/c1-19-10(11(16)17)8-13-12(18)15-6-4-14(5-7-15)9-2-3-9/h9-10H,2-8H2,1H3,(H,13,18)(H,16,17). The van der Waals surface area contributed by atoms with Gasteiger partial charge in [-0.2, -0.15) is 0 Å². The van der Waals surface area contributed by atoms with Gasteiger partial charge in [0.05, 0.1) is 6.54 Å². The number of hydrogen-bond acceptors (Lipinski definition) is 4. The van der Waals surface area contributed by atoms with Gasteiger partial charge in [0.2, 0.25) is 0 Å². The minimum atomic E-state index is -1.07. The lowest BCUT2D eigenvalue weighted by atomic mass is 10.3. The van der Waals surface area contributed by atoms with E-state index in [9.17, 15) is 9.59 Å². The van der Waals surface area contributed by atoms with Crippen LogP contribution in [0.3, 0.4) is 0 Å². The maximum atomic E-state index is 11.9. The summed E-state index contributed by atoms with van der Waals surface area (Å²) in [5.41, 5.74) is 0. The van der Waals surface area contributed by atoms with Crippen LogP contribution in [0.4, 0.5) is 4.79 Å². The van der Waals surface area contributed by atoms with Gasteiger partial charge in [0.1, 0.15) is 0 Å².